The van der Waals surface area contributed by atoms with Crippen LogP contribution in [0.25, 0.3) is 0 Å². The third-order valence-corrected chi connectivity index (χ3v) is 5.12. The summed E-state index contributed by atoms with van der Waals surface area (Å²) in [5.74, 6) is 2.11. The van der Waals surface area contributed by atoms with E-state index in [4.69, 9.17) is 9.47 Å². The first-order valence-corrected chi connectivity index (χ1v) is 8.99. The van der Waals surface area contributed by atoms with Crippen molar-refractivity contribution in [2.45, 2.75) is 6.42 Å². The van der Waals surface area contributed by atoms with Crippen LogP contribution >= 0.6 is 57.9 Å². The fourth-order valence-electron chi connectivity index (χ4n) is 2.02. The topological polar surface area (TPSA) is 54.9 Å². The van der Waals surface area contributed by atoms with Crippen molar-refractivity contribution in [2.75, 3.05) is 33.1 Å². The number of ether oxygens (including phenoxy) is 2. The van der Waals surface area contributed by atoms with Crippen molar-refractivity contribution in [3.05, 3.63) is 38.1 Å². The van der Waals surface area contributed by atoms with Crippen molar-refractivity contribution in [3.8, 4) is 11.5 Å². The summed E-state index contributed by atoms with van der Waals surface area (Å²) >= 11 is 4.16. The molecule has 0 fully saturated rings. The van der Waals surface area contributed by atoms with Crippen molar-refractivity contribution >= 4 is 69.6 Å². The molecule has 1 aromatic heterocycles. The molecule has 0 amide bonds. The highest BCUT2D eigenvalue weighted by atomic mass is 127. The van der Waals surface area contributed by atoms with E-state index in [1.807, 2.05) is 29.5 Å². The number of hydrogen-bond acceptors (Lipinski definition) is 4. The van der Waals surface area contributed by atoms with E-state index in [1.54, 1.807) is 21.3 Å². The van der Waals surface area contributed by atoms with Gasteiger partial charge in [-0.15, -0.1) is 35.3 Å². The Morgan fingerprint density at radius 2 is 1.92 bits per heavy atom. The highest BCUT2D eigenvalue weighted by Crippen LogP contribution is 2.29. The lowest BCUT2D eigenvalue weighted by Gasteiger charge is -2.13. The van der Waals surface area contributed by atoms with Crippen molar-refractivity contribution < 1.29 is 9.47 Å². The molecule has 0 bridgehead atoms. The molecule has 2 N–H and O–H groups in total. The van der Waals surface area contributed by atoms with Gasteiger partial charge < -0.3 is 20.1 Å². The van der Waals surface area contributed by atoms with Gasteiger partial charge in [-0.3, -0.25) is 4.99 Å². The van der Waals surface area contributed by atoms with E-state index in [-0.39, 0.29) is 24.0 Å². The number of nitrogens with zero attached hydrogens (tertiary/aromatic N) is 1. The number of aliphatic imine (C=N–C) groups is 1. The monoisotopic (exact) mass is 573 g/mol. The second-order valence-electron chi connectivity index (χ2n) is 4.65. The van der Waals surface area contributed by atoms with Crippen LogP contribution in [0.4, 0.5) is 5.69 Å². The van der Waals surface area contributed by atoms with Crippen LogP contribution in [0.3, 0.4) is 0 Å². The fraction of sp³-hybridized carbons (Fsp3) is 0.312. The minimum absolute atomic E-state index is 0. The Labute approximate surface area is 177 Å². The van der Waals surface area contributed by atoms with Gasteiger partial charge in [-0.1, -0.05) is 0 Å². The highest BCUT2D eigenvalue weighted by molar-refractivity contribution is 14.1. The summed E-state index contributed by atoms with van der Waals surface area (Å²) in [4.78, 5) is 5.61. The molecule has 1 heterocycles. The maximum absolute atomic E-state index is 5.31. The molecule has 0 aliphatic heterocycles. The number of benzene rings is 1. The predicted octanol–water partition coefficient (Wildman–Crippen LogP) is 4.22. The van der Waals surface area contributed by atoms with Gasteiger partial charge in [0.25, 0.3) is 0 Å². The summed E-state index contributed by atoms with van der Waals surface area (Å²) in [6.45, 7) is 0.823. The molecule has 132 valence electrons. The minimum Gasteiger partial charge on any atom is -0.493 e. The van der Waals surface area contributed by atoms with Gasteiger partial charge in [0.1, 0.15) is 0 Å². The van der Waals surface area contributed by atoms with E-state index in [1.165, 1.54) is 7.76 Å². The number of thiophene rings is 1. The SMILES string of the molecule is CN=C(NCCc1ccc(I)s1)Nc1ccc(OC)c(OC)c1.I. The predicted molar refractivity (Wildman–Crippen MR) is 121 cm³/mol. The number of methoxy groups -OCH3 is 2. The summed E-state index contributed by atoms with van der Waals surface area (Å²) in [5.41, 5.74) is 0.890. The fourth-order valence-corrected chi connectivity index (χ4v) is 3.78. The number of rotatable bonds is 6. The number of nitrogens with one attached hydrogen (secondary N) is 2. The maximum Gasteiger partial charge on any atom is 0.195 e. The summed E-state index contributed by atoms with van der Waals surface area (Å²) < 4.78 is 11.9. The Balaban J connectivity index is 0.00000288. The normalized spacial score (nSPS) is 10.8. The van der Waals surface area contributed by atoms with E-state index in [2.05, 4.69) is 50.3 Å². The van der Waals surface area contributed by atoms with Gasteiger partial charge in [0.05, 0.1) is 17.1 Å². The Hall–Kier alpha value is -0.750. The third-order valence-electron chi connectivity index (χ3n) is 3.16. The van der Waals surface area contributed by atoms with Crippen LogP contribution in [0.15, 0.2) is 35.3 Å². The summed E-state index contributed by atoms with van der Waals surface area (Å²) in [7, 11) is 5.00. The third kappa shape index (κ3) is 6.28. The largest absolute Gasteiger partial charge is 0.493 e. The van der Waals surface area contributed by atoms with E-state index >= 15 is 0 Å². The summed E-state index contributed by atoms with van der Waals surface area (Å²) in [6.07, 6.45) is 0.973. The first-order valence-electron chi connectivity index (χ1n) is 7.10. The van der Waals surface area contributed by atoms with Crippen LogP contribution in [0.1, 0.15) is 4.88 Å². The first-order chi connectivity index (χ1) is 11.2. The minimum atomic E-state index is 0. The Morgan fingerprint density at radius 3 is 2.50 bits per heavy atom. The first kappa shape index (κ1) is 21.3. The molecule has 2 rings (SSSR count). The van der Waals surface area contributed by atoms with Gasteiger partial charge in [0, 0.05) is 30.2 Å². The van der Waals surface area contributed by atoms with E-state index in [0.29, 0.717) is 11.5 Å². The lowest BCUT2D eigenvalue weighted by molar-refractivity contribution is 0.355. The van der Waals surface area contributed by atoms with Gasteiger partial charge >= 0.3 is 0 Å². The molecule has 0 atom stereocenters. The maximum atomic E-state index is 5.31. The van der Waals surface area contributed by atoms with E-state index < -0.39 is 0 Å². The van der Waals surface area contributed by atoms with Gasteiger partial charge in [0.2, 0.25) is 0 Å². The number of guanidine groups is 1. The molecule has 0 radical (unpaired) electrons. The zero-order valence-corrected chi connectivity index (χ0v) is 19.1. The van der Waals surface area contributed by atoms with E-state index in [9.17, 15) is 0 Å². The smallest absolute Gasteiger partial charge is 0.195 e. The lowest BCUT2D eigenvalue weighted by Crippen LogP contribution is -2.32. The molecule has 2 aromatic rings. The van der Waals surface area contributed by atoms with Gasteiger partial charge in [-0.25, -0.2) is 0 Å². The number of hydrogen-bond donors (Lipinski definition) is 2. The molecule has 0 unspecified atom stereocenters. The molecular formula is C16H21I2N3O2S. The molecule has 1 aromatic carbocycles. The van der Waals surface area contributed by atoms with Gasteiger partial charge in [0.15, 0.2) is 17.5 Å². The second kappa shape index (κ2) is 11.0. The van der Waals surface area contributed by atoms with Crippen LogP contribution in [-0.4, -0.2) is 33.8 Å². The Morgan fingerprint density at radius 1 is 1.17 bits per heavy atom. The molecule has 0 aliphatic carbocycles. The second-order valence-corrected chi connectivity index (χ2v) is 7.71. The van der Waals surface area contributed by atoms with Crippen LogP contribution < -0.4 is 20.1 Å². The average Bonchev–Trinajstić information content (AvgIpc) is 2.99. The molecule has 0 aliphatic rings. The standard InChI is InChI=1S/C16H20IN3O2S.HI/c1-18-16(19-9-8-12-5-7-15(17)23-12)20-11-4-6-13(21-2)14(10-11)22-3;/h4-7,10H,8-9H2,1-3H3,(H2,18,19,20);1H. The summed E-state index contributed by atoms with van der Waals surface area (Å²) in [5, 5.41) is 6.56. The average molecular weight is 573 g/mol. The molecule has 0 saturated carbocycles. The van der Waals surface area contributed by atoms with Gasteiger partial charge in [-0.2, -0.15) is 0 Å². The van der Waals surface area contributed by atoms with Crippen molar-refractivity contribution in [1.29, 1.82) is 0 Å². The molecule has 0 spiro atoms. The quantitative estimate of drug-likeness (QED) is 0.309. The lowest BCUT2D eigenvalue weighted by atomic mass is 10.2. The van der Waals surface area contributed by atoms with Gasteiger partial charge in [-0.05, 0) is 53.3 Å². The van der Waals surface area contributed by atoms with Crippen LogP contribution in [0.2, 0.25) is 0 Å². The molecule has 5 nitrogen and oxygen atoms in total. The molecule has 24 heavy (non-hydrogen) atoms. The number of anilines is 1. The highest BCUT2D eigenvalue weighted by Gasteiger charge is 2.06. The van der Waals surface area contributed by atoms with Crippen LogP contribution in [0, 0.1) is 2.88 Å². The molecule has 8 heteroatoms. The molecule has 0 saturated heterocycles. The van der Waals surface area contributed by atoms with Crippen molar-refractivity contribution in [2.24, 2.45) is 4.99 Å². The van der Waals surface area contributed by atoms with Crippen LogP contribution in [0.5, 0.6) is 11.5 Å². The molecular weight excluding hydrogens is 552 g/mol. The van der Waals surface area contributed by atoms with Crippen molar-refractivity contribution in [1.82, 2.24) is 5.32 Å². The summed E-state index contributed by atoms with van der Waals surface area (Å²) in [6, 6.07) is 9.97. The van der Waals surface area contributed by atoms with E-state index in [0.717, 1.165) is 24.6 Å². The Bertz CT molecular complexity index is 677. The zero-order chi connectivity index (χ0) is 16.7. The van der Waals surface area contributed by atoms with Crippen LogP contribution in [-0.2, 0) is 6.42 Å². The number of halogens is 2. The Kier molecular flexibility index (Phi) is 9.74. The van der Waals surface area contributed by atoms with Crippen molar-refractivity contribution in [3.63, 3.8) is 0 Å². The zero-order valence-electron chi connectivity index (χ0n) is 13.8.